The van der Waals surface area contributed by atoms with Gasteiger partial charge in [0.2, 0.25) is 0 Å². The number of urea groups is 1. The third kappa shape index (κ3) is 9.04. The molecule has 252 valence electrons. The average molecular weight is 651 g/mol. The summed E-state index contributed by atoms with van der Waals surface area (Å²) in [5.74, 6) is 0.351. The van der Waals surface area contributed by atoms with E-state index in [2.05, 4.69) is 43.9 Å². The van der Waals surface area contributed by atoms with Crippen LogP contribution in [0.4, 0.5) is 16.2 Å². The number of hydrogen-bond donors (Lipinski definition) is 3. The van der Waals surface area contributed by atoms with E-state index in [0.29, 0.717) is 34.0 Å². The zero-order chi connectivity index (χ0) is 34.0. The number of likely N-dealkylation sites (tertiary alicyclic amines) is 1. The third-order valence-corrected chi connectivity index (χ3v) is 8.57. The van der Waals surface area contributed by atoms with Crippen molar-refractivity contribution in [1.82, 2.24) is 19.7 Å². The number of benzene rings is 3. The Balaban J connectivity index is 1.19. The maximum absolute atomic E-state index is 13.0. The van der Waals surface area contributed by atoms with Crippen molar-refractivity contribution in [2.45, 2.75) is 58.5 Å². The van der Waals surface area contributed by atoms with Crippen LogP contribution in [0, 0.1) is 0 Å². The van der Waals surface area contributed by atoms with Gasteiger partial charge in [0, 0.05) is 61.7 Å². The van der Waals surface area contributed by atoms with Crippen LogP contribution >= 0.6 is 0 Å². The van der Waals surface area contributed by atoms with E-state index in [-0.39, 0.29) is 23.9 Å². The van der Waals surface area contributed by atoms with Gasteiger partial charge in [0.05, 0.1) is 5.56 Å². The summed E-state index contributed by atoms with van der Waals surface area (Å²) in [6.45, 7) is 7.33. The van der Waals surface area contributed by atoms with Crippen molar-refractivity contribution in [1.29, 1.82) is 0 Å². The first-order valence-electron chi connectivity index (χ1n) is 16.7. The van der Waals surface area contributed by atoms with Gasteiger partial charge in [-0.05, 0) is 117 Å². The highest BCUT2D eigenvalue weighted by molar-refractivity contribution is 6.04. The lowest BCUT2D eigenvalue weighted by Crippen LogP contribution is -2.37. The predicted molar refractivity (Wildman–Crippen MR) is 190 cm³/mol. The number of piperidine rings is 1. The monoisotopic (exact) mass is 650 g/mol. The van der Waals surface area contributed by atoms with Crippen LogP contribution in [0.25, 0.3) is 5.69 Å². The minimum absolute atomic E-state index is 0.0710. The van der Waals surface area contributed by atoms with E-state index in [1.54, 1.807) is 56.6 Å². The fraction of sp³-hybridized carbons (Fsp3) is 0.342. The van der Waals surface area contributed by atoms with Gasteiger partial charge in [-0.3, -0.25) is 14.5 Å². The molecule has 0 radical (unpaired) electrons. The molecule has 3 aromatic carbocycles. The number of hydrogen-bond acceptors (Lipinski definition) is 5. The molecule has 1 aliphatic rings. The highest BCUT2D eigenvalue weighted by Crippen LogP contribution is 2.30. The molecule has 4 aromatic rings. The standard InChI is InChI=1S/C38H46N6O4/c1-5-29(6-2)40-38(47)41-31-14-19-35(34(24-31)37(46)42(3)4)48-33-17-12-30(13-18-33)39-36(45)28-10-15-32(16-11-28)44-23-20-27(26-44)25-43-21-8-7-9-22-43/h10-20,23-24,26,29H,5-9,21-22,25H2,1-4H3,(H,39,45)(H2,40,41,47). The van der Waals surface area contributed by atoms with Gasteiger partial charge >= 0.3 is 6.03 Å². The van der Waals surface area contributed by atoms with E-state index < -0.39 is 0 Å². The van der Waals surface area contributed by atoms with Crippen LogP contribution in [0.3, 0.4) is 0 Å². The number of amides is 4. The first kappa shape index (κ1) is 34.3. The molecule has 0 saturated carbocycles. The molecule has 0 aliphatic carbocycles. The molecule has 48 heavy (non-hydrogen) atoms. The zero-order valence-electron chi connectivity index (χ0n) is 28.3. The molecule has 10 nitrogen and oxygen atoms in total. The molecule has 3 N–H and O–H groups in total. The molecule has 0 unspecified atom stereocenters. The van der Waals surface area contributed by atoms with Crippen molar-refractivity contribution in [3.8, 4) is 17.2 Å². The summed E-state index contributed by atoms with van der Waals surface area (Å²) < 4.78 is 8.18. The van der Waals surface area contributed by atoms with Gasteiger partial charge in [-0.1, -0.05) is 20.3 Å². The van der Waals surface area contributed by atoms with Crippen LogP contribution in [0.15, 0.2) is 85.2 Å². The maximum Gasteiger partial charge on any atom is 0.319 e. The normalized spacial score (nSPS) is 13.2. The summed E-state index contributed by atoms with van der Waals surface area (Å²) in [6.07, 6.45) is 9.75. The van der Waals surface area contributed by atoms with E-state index in [1.807, 2.05) is 38.1 Å². The molecule has 0 atom stereocenters. The van der Waals surface area contributed by atoms with Crippen molar-refractivity contribution in [3.63, 3.8) is 0 Å². The highest BCUT2D eigenvalue weighted by Gasteiger charge is 2.18. The molecule has 1 saturated heterocycles. The number of anilines is 2. The van der Waals surface area contributed by atoms with E-state index in [0.717, 1.165) is 38.2 Å². The Morgan fingerprint density at radius 3 is 2.19 bits per heavy atom. The summed E-state index contributed by atoms with van der Waals surface area (Å²) in [7, 11) is 3.31. The Bertz CT molecular complexity index is 1690. The van der Waals surface area contributed by atoms with Crippen molar-refractivity contribution in [3.05, 3.63) is 102 Å². The van der Waals surface area contributed by atoms with Crippen LogP contribution < -0.4 is 20.7 Å². The Morgan fingerprint density at radius 2 is 1.52 bits per heavy atom. The molecule has 1 fully saturated rings. The Morgan fingerprint density at radius 1 is 0.833 bits per heavy atom. The second-order valence-electron chi connectivity index (χ2n) is 12.4. The second kappa shape index (κ2) is 16.1. The third-order valence-electron chi connectivity index (χ3n) is 8.57. The lowest BCUT2D eigenvalue weighted by molar-refractivity contribution is 0.0824. The van der Waals surface area contributed by atoms with Crippen molar-refractivity contribution in [2.75, 3.05) is 37.8 Å². The second-order valence-corrected chi connectivity index (χ2v) is 12.4. The average Bonchev–Trinajstić information content (AvgIpc) is 3.57. The number of ether oxygens (including phenoxy) is 1. The van der Waals surface area contributed by atoms with E-state index >= 15 is 0 Å². The summed E-state index contributed by atoms with van der Waals surface area (Å²) >= 11 is 0. The minimum Gasteiger partial charge on any atom is -0.457 e. The lowest BCUT2D eigenvalue weighted by Gasteiger charge is -2.25. The molecule has 2 heterocycles. The quantitative estimate of drug-likeness (QED) is 0.147. The fourth-order valence-corrected chi connectivity index (χ4v) is 5.74. The molecule has 0 spiro atoms. The summed E-state index contributed by atoms with van der Waals surface area (Å²) in [6, 6.07) is 21.4. The van der Waals surface area contributed by atoms with Crippen LogP contribution in [-0.4, -0.2) is 65.4 Å². The summed E-state index contributed by atoms with van der Waals surface area (Å²) in [5.41, 5.74) is 4.23. The molecule has 10 heteroatoms. The van der Waals surface area contributed by atoms with E-state index in [9.17, 15) is 14.4 Å². The van der Waals surface area contributed by atoms with E-state index in [1.165, 1.54) is 29.7 Å². The number of aromatic nitrogens is 1. The lowest BCUT2D eigenvalue weighted by atomic mass is 10.1. The maximum atomic E-state index is 13.0. The molecule has 1 aromatic heterocycles. The number of carbonyl (C=O) groups is 3. The summed E-state index contributed by atoms with van der Waals surface area (Å²) in [5, 5.41) is 8.68. The number of nitrogens with one attached hydrogen (secondary N) is 3. The summed E-state index contributed by atoms with van der Waals surface area (Å²) in [4.78, 5) is 42.5. The van der Waals surface area contributed by atoms with Crippen LogP contribution in [0.2, 0.25) is 0 Å². The van der Waals surface area contributed by atoms with Crippen molar-refractivity contribution < 1.29 is 19.1 Å². The first-order chi connectivity index (χ1) is 23.2. The highest BCUT2D eigenvalue weighted by atomic mass is 16.5. The number of carbonyl (C=O) groups excluding carboxylic acids is 3. The van der Waals surface area contributed by atoms with Gasteiger partial charge in [-0.15, -0.1) is 0 Å². The van der Waals surface area contributed by atoms with Gasteiger partial charge in [0.25, 0.3) is 11.8 Å². The van der Waals surface area contributed by atoms with Gasteiger partial charge in [0.1, 0.15) is 11.5 Å². The molecular weight excluding hydrogens is 604 g/mol. The van der Waals surface area contributed by atoms with Crippen LogP contribution in [0.5, 0.6) is 11.5 Å². The fourth-order valence-electron chi connectivity index (χ4n) is 5.74. The van der Waals surface area contributed by atoms with Crippen LogP contribution in [-0.2, 0) is 6.54 Å². The topological polar surface area (TPSA) is 108 Å². The van der Waals surface area contributed by atoms with Crippen molar-refractivity contribution in [2.24, 2.45) is 0 Å². The Kier molecular flexibility index (Phi) is 11.5. The molecule has 1 aliphatic heterocycles. The molecule has 4 amide bonds. The number of nitrogens with zero attached hydrogens (tertiary/aromatic N) is 3. The van der Waals surface area contributed by atoms with Gasteiger partial charge < -0.3 is 30.2 Å². The zero-order valence-corrected chi connectivity index (χ0v) is 28.3. The predicted octanol–water partition coefficient (Wildman–Crippen LogP) is 7.52. The SMILES string of the molecule is CCC(CC)NC(=O)Nc1ccc(Oc2ccc(NC(=O)c3ccc(-n4ccc(CN5CCCCC5)c4)cc3)cc2)c(C(=O)N(C)C)c1. The van der Waals surface area contributed by atoms with E-state index in [4.69, 9.17) is 4.74 Å². The molecular formula is C38H46N6O4. The Labute approximate surface area is 283 Å². The van der Waals surface area contributed by atoms with Gasteiger partial charge in [-0.2, -0.15) is 0 Å². The molecule has 0 bridgehead atoms. The largest absolute Gasteiger partial charge is 0.457 e. The Hall–Kier alpha value is -5.09. The minimum atomic E-state index is -0.327. The van der Waals surface area contributed by atoms with Crippen LogP contribution in [0.1, 0.15) is 72.2 Å². The number of rotatable bonds is 12. The first-order valence-corrected chi connectivity index (χ1v) is 16.7. The van der Waals surface area contributed by atoms with Gasteiger partial charge in [0.15, 0.2) is 0 Å². The molecule has 5 rings (SSSR count). The smallest absolute Gasteiger partial charge is 0.319 e. The van der Waals surface area contributed by atoms with Crippen molar-refractivity contribution >= 4 is 29.2 Å². The van der Waals surface area contributed by atoms with Gasteiger partial charge in [-0.25, -0.2) is 4.79 Å².